The van der Waals surface area contributed by atoms with Gasteiger partial charge in [0, 0.05) is 24.2 Å². The van der Waals surface area contributed by atoms with Crippen molar-refractivity contribution in [2.75, 3.05) is 12.4 Å². The highest BCUT2D eigenvalue weighted by molar-refractivity contribution is 6.04. The molecule has 0 saturated carbocycles. The number of benzene rings is 2. The average molecular weight is 333 g/mol. The van der Waals surface area contributed by atoms with Crippen LogP contribution in [0.15, 0.2) is 54.7 Å². The third-order valence-corrected chi connectivity index (χ3v) is 4.51. The van der Waals surface area contributed by atoms with Crippen molar-refractivity contribution in [3.05, 3.63) is 66.1 Å². The first-order valence-electron chi connectivity index (χ1n) is 8.35. The minimum atomic E-state index is -0.138. The number of aryl methyl sites for hydroxylation is 1. The number of methoxy groups -OCH3 is 1. The molecule has 5 heteroatoms. The minimum Gasteiger partial charge on any atom is -0.497 e. The van der Waals surface area contributed by atoms with Gasteiger partial charge in [-0.2, -0.15) is 0 Å². The Morgan fingerprint density at radius 2 is 1.88 bits per heavy atom. The summed E-state index contributed by atoms with van der Waals surface area (Å²) in [7, 11) is 1.60. The van der Waals surface area contributed by atoms with E-state index in [1.54, 1.807) is 31.4 Å². The van der Waals surface area contributed by atoms with Gasteiger partial charge in [0.05, 0.1) is 19.0 Å². The van der Waals surface area contributed by atoms with E-state index in [2.05, 4.69) is 14.9 Å². The Kier molecular flexibility index (Phi) is 3.98. The third-order valence-electron chi connectivity index (χ3n) is 4.51. The van der Waals surface area contributed by atoms with Crippen LogP contribution in [0.1, 0.15) is 22.6 Å². The fourth-order valence-electron chi connectivity index (χ4n) is 3.16. The molecule has 0 spiro atoms. The first-order valence-corrected chi connectivity index (χ1v) is 8.35. The summed E-state index contributed by atoms with van der Waals surface area (Å²) in [6, 6.07) is 14.9. The molecular weight excluding hydrogens is 314 g/mol. The van der Waals surface area contributed by atoms with E-state index in [0.717, 1.165) is 47.9 Å². The number of nitrogens with one attached hydrogen (secondary N) is 1. The highest BCUT2D eigenvalue weighted by atomic mass is 16.5. The van der Waals surface area contributed by atoms with Gasteiger partial charge in [-0.3, -0.25) is 4.79 Å². The average Bonchev–Trinajstić information content (AvgIpc) is 3.26. The van der Waals surface area contributed by atoms with Crippen LogP contribution in [0.25, 0.3) is 11.3 Å². The van der Waals surface area contributed by atoms with Gasteiger partial charge in [-0.15, -0.1) is 0 Å². The number of nitrogens with zero attached hydrogens (tertiary/aromatic N) is 2. The molecule has 2 heterocycles. The Morgan fingerprint density at radius 1 is 1.12 bits per heavy atom. The number of carbonyl (C=O) groups excluding carboxylic acids is 1. The quantitative estimate of drug-likeness (QED) is 0.791. The molecule has 0 bridgehead atoms. The number of hydrogen-bond donors (Lipinski definition) is 1. The van der Waals surface area contributed by atoms with E-state index in [9.17, 15) is 4.79 Å². The maximum Gasteiger partial charge on any atom is 0.255 e. The topological polar surface area (TPSA) is 56.1 Å². The summed E-state index contributed by atoms with van der Waals surface area (Å²) >= 11 is 0. The molecule has 0 atom stereocenters. The Hall–Kier alpha value is -3.08. The number of fused-ring (bicyclic) bond motifs is 1. The molecule has 1 aliphatic rings. The van der Waals surface area contributed by atoms with Gasteiger partial charge in [0.15, 0.2) is 0 Å². The third kappa shape index (κ3) is 3.01. The van der Waals surface area contributed by atoms with Crippen LogP contribution in [-0.4, -0.2) is 22.6 Å². The smallest absolute Gasteiger partial charge is 0.255 e. The monoisotopic (exact) mass is 333 g/mol. The van der Waals surface area contributed by atoms with Crippen LogP contribution in [0.5, 0.6) is 5.75 Å². The van der Waals surface area contributed by atoms with Crippen LogP contribution >= 0.6 is 0 Å². The van der Waals surface area contributed by atoms with Crippen molar-refractivity contribution in [3.8, 4) is 17.0 Å². The zero-order valence-corrected chi connectivity index (χ0v) is 14.0. The Bertz CT molecular complexity index is 896. The van der Waals surface area contributed by atoms with Gasteiger partial charge in [0.1, 0.15) is 11.6 Å². The van der Waals surface area contributed by atoms with Crippen molar-refractivity contribution in [2.24, 2.45) is 0 Å². The van der Waals surface area contributed by atoms with Crippen molar-refractivity contribution in [2.45, 2.75) is 19.4 Å². The summed E-state index contributed by atoms with van der Waals surface area (Å²) in [5.74, 6) is 1.75. The molecule has 0 fully saturated rings. The largest absolute Gasteiger partial charge is 0.497 e. The molecule has 1 aliphatic heterocycles. The first kappa shape index (κ1) is 15.4. The molecule has 0 radical (unpaired) electrons. The summed E-state index contributed by atoms with van der Waals surface area (Å²) in [5, 5.41) is 2.92. The van der Waals surface area contributed by atoms with Crippen LogP contribution < -0.4 is 10.1 Å². The lowest BCUT2D eigenvalue weighted by molar-refractivity contribution is 0.102. The van der Waals surface area contributed by atoms with E-state index in [-0.39, 0.29) is 5.91 Å². The second-order valence-electron chi connectivity index (χ2n) is 6.07. The number of amides is 1. The molecule has 5 nitrogen and oxygen atoms in total. The number of rotatable bonds is 4. The highest BCUT2D eigenvalue weighted by Gasteiger charge is 2.16. The van der Waals surface area contributed by atoms with Crippen LogP contribution in [0.2, 0.25) is 0 Å². The lowest BCUT2D eigenvalue weighted by Crippen LogP contribution is -2.11. The number of carbonyl (C=O) groups is 1. The van der Waals surface area contributed by atoms with Crippen LogP contribution in [0.4, 0.5) is 5.69 Å². The van der Waals surface area contributed by atoms with Crippen molar-refractivity contribution in [1.82, 2.24) is 9.55 Å². The number of ether oxygens (including phenoxy) is 1. The highest BCUT2D eigenvalue weighted by Crippen LogP contribution is 2.26. The van der Waals surface area contributed by atoms with Gasteiger partial charge in [0.2, 0.25) is 0 Å². The summed E-state index contributed by atoms with van der Waals surface area (Å²) < 4.78 is 7.38. The number of hydrogen-bond acceptors (Lipinski definition) is 3. The van der Waals surface area contributed by atoms with Gasteiger partial charge in [0.25, 0.3) is 5.91 Å². The second-order valence-corrected chi connectivity index (χ2v) is 6.07. The molecule has 0 saturated heterocycles. The Morgan fingerprint density at radius 3 is 2.60 bits per heavy atom. The molecule has 3 aromatic rings. The molecule has 0 aliphatic carbocycles. The predicted molar refractivity (Wildman–Crippen MR) is 96.9 cm³/mol. The van der Waals surface area contributed by atoms with E-state index in [1.807, 2.05) is 30.5 Å². The van der Waals surface area contributed by atoms with Crippen molar-refractivity contribution in [1.29, 1.82) is 0 Å². The summed E-state index contributed by atoms with van der Waals surface area (Å²) in [6.07, 6.45) is 4.14. The molecule has 4 rings (SSSR count). The molecule has 126 valence electrons. The molecular formula is C20H19N3O2. The molecule has 2 aromatic carbocycles. The van der Waals surface area contributed by atoms with E-state index >= 15 is 0 Å². The van der Waals surface area contributed by atoms with Crippen LogP contribution in [0.3, 0.4) is 0 Å². The summed E-state index contributed by atoms with van der Waals surface area (Å²) in [4.78, 5) is 16.8. The minimum absolute atomic E-state index is 0.138. The summed E-state index contributed by atoms with van der Waals surface area (Å²) in [6.45, 7) is 1.03. The summed E-state index contributed by atoms with van der Waals surface area (Å²) in [5.41, 5.74) is 3.62. The molecule has 1 amide bonds. The van der Waals surface area contributed by atoms with Gasteiger partial charge >= 0.3 is 0 Å². The zero-order valence-electron chi connectivity index (χ0n) is 14.0. The van der Waals surface area contributed by atoms with E-state index < -0.39 is 0 Å². The normalized spacial score (nSPS) is 12.7. The van der Waals surface area contributed by atoms with Crippen LogP contribution in [0, 0.1) is 0 Å². The van der Waals surface area contributed by atoms with Crippen LogP contribution in [-0.2, 0) is 13.0 Å². The Balaban J connectivity index is 1.49. The second kappa shape index (κ2) is 6.43. The fourth-order valence-corrected chi connectivity index (χ4v) is 3.16. The lowest BCUT2D eigenvalue weighted by Gasteiger charge is -2.08. The molecule has 1 aromatic heterocycles. The number of aromatic nitrogens is 2. The predicted octanol–water partition coefficient (Wildman–Crippen LogP) is 3.76. The maximum absolute atomic E-state index is 12.3. The van der Waals surface area contributed by atoms with Gasteiger partial charge in [-0.25, -0.2) is 4.98 Å². The van der Waals surface area contributed by atoms with Gasteiger partial charge < -0.3 is 14.6 Å². The Labute approximate surface area is 146 Å². The molecule has 0 unspecified atom stereocenters. The SMILES string of the molecule is COc1ccc(C(=O)Nc2ccc(-c3cnc4n3CCC4)cc2)cc1. The number of anilines is 1. The van der Waals surface area contributed by atoms with Crippen molar-refractivity contribution < 1.29 is 9.53 Å². The standard InChI is InChI=1S/C20H19N3O2/c1-25-17-10-6-15(7-11-17)20(24)22-16-8-4-14(5-9-16)18-13-21-19-3-2-12-23(18)19/h4-11,13H,2-3,12H2,1H3,(H,22,24). The van der Waals surface area contributed by atoms with E-state index in [0.29, 0.717) is 5.56 Å². The maximum atomic E-state index is 12.3. The molecule has 1 N–H and O–H groups in total. The van der Waals surface area contributed by atoms with Crippen molar-refractivity contribution in [3.63, 3.8) is 0 Å². The first-order chi connectivity index (χ1) is 12.2. The lowest BCUT2D eigenvalue weighted by atomic mass is 10.1. The van der Waals surface area contributed by atoms with Gasteiger partial charge in [-0.05, 0) is 48.4 Å². The fraction of sp³-hybridized carbons (Fsp3) is 0.200. The zero-order chi connectivity index (χ0) is 17.2. The number of imidazole rings is 1. The molecule has 25 heavy (non-hydrogen) atoms. The van der Waals surface area contributed by atoms with E-state index in [1.165, 1.54) is 0 Å². The van der Waals surface area contributed by atoms with E-state index in [4.69, 9.17) is 4.74 Å². The van der Waals surface area contributed by atoms with Gasteiger partial charge in [-0.1, -0.05) is 12.1 Å². The van der Waals surface area contributed by atoms with Crippen molar-refractivity contribution >= 4 is 11.6 Å².